The molecule has 1 rings (SSSR count). The van der Waals surface area contributed by atoms with Crippen molar-refractivity contribution in [3.8, 4) is 5.75 Å². The molecule has 0 aliphatic rings. The lowest BCUT2D eigenvalue weighted by atomic mass is 10.2. The summed E-state index contributed by atoms with van der Waals surface area (Å²) in [5.74, 6) is -0.302. The largest absolute Gasteiger partial charge is 0.493 e. The molecule has 7 heteroatoms. The van der Waals surface area contributed by atoms with Crippen molar-refractivity contribution in [1.29, 1.82) is 0 Å². The second kappa shape index (κ2) is 6.10. The molecular formula is C11H14FNO3S2. The van der Waals surface area contributed by atoms with Gasteiger partial charge in [0.1, 0.15) is 26.4 Å². The molecule has 0 bridgehead atoms. The third kappa shape index (κ3) is 4.58. The molecule has 0 radical (unpaired) electrons. The van der Waals surface area contributed by atoms with E-state index in [1.165, 1.54) is 18.2 Å². The van der Waals surface area contributed by atoms with Gasteiger partial charge in [-0.25, -0.2) is 12.8 Å². The van der Waals surface area contributed by atoms with Crippen LogP contribution < -0.4 is 10.5 Å². The molecule has 0 atom stereocenters. The van der Waals surface area contributed by atoms with E-state index in [1.54, 1.807) is 0 Å². The highest BCUT2D eigenvalue weighted by Gasteiger charge is 2.12. The molecule has 0 amide bonds. The van der Waals surface area contributed by atoms with Crippen LogP contribution in [0, 0.1) is 5.82 Å². The first-order chi connectivity index (χ1) is 8.31. The Morgan fingerprint density at radius 1 is 1.50 bits per heavy atom. The van der Waals surface area contributed by atoms with Crippen LogP contribution in [0.2, 0.25) is 0 Å². The van der Waals surface area contributed by atoms with Gasteiger partial charge in [0.05, 0.1) is 17.9 Å². The Labute approximate surface area is 111 Å². The molecule has 2 N–H and O–H groups in total. The minimum absolute atomic E-state index is 0.0186. The van der Waals surface area contributed by atoms with Gasteiger partial charge < -0.3 is 10.5 Å². The third-order valence-corrected chi connectivity index (χ3v) is 3.37. The second-order valence-corrected chi connectivity index (χ2v) is 6.51. The van der Waals surface area contributed by atoms with Crippen molar-refractivity contribution in [1.82, 2.24) is 0 Å². The number of hydrogen-bond acceptors (Lipinski definition) is 4. The molecule has 0 aliphatic carbocycles. The van der Waals surface area contributed by atoms with E-state index in [4.69, 9.17) is 22.7 Å². The Morgan fingerprint density at radius 2 is 2.17 bits per heavy atom. The van der Waals surface area contributed by atoms with Crippen molar-refractivity contribution in [2.24, 2.45) is 5.73 Å². The zero-order valence-corrected chi connectivity index (χ0v) is 11.5. The zero-order valence-electron chi connectivity index (χ0n) is 9.85. The lowest BCUT2D eigenvalue weighted by molar-refractivity contribution is 0.315. The van der Waals surface area contributed by atoms with E-state index < -0.39 is 15.7 Å². The maximum Gasteiger partial charge on any atom is 0.147 e. The number of hydrogen-bond donors (Lipinski definition) is 1. The standard InChI is InChI=1S/C11H14FNO3S2/c1-18(14,15)7-3-6-16-9-5-2-4-8(12)10(9)11(13)17/h2,4-5H,3,6-7H2,1H3,(H2,13,17). The molecule has 1 aromatic carbocycles. The van der Waals surface area contributed by atoms with E-state index in [-0.39, 0.29) is 28.7 Å². The Hall–Kier alpha value is -1.21. The number of sulfone groups is 1. The van der Waals surface area contributed by atoms with E-state index in [0.29, 0.717) is 6.42 Å². The van der Waals surface area contributed by atoms with Crippen molar-refractivity contribution in [2.45, 2.75) is 6.42 Å². The van der Waals surface area contributed by atoms with Crippen molar-refractivity contribution >= 4 is 27.0 Å². The molecule has 0 heterocycles. The van der Waals surface area contributed by atoms with Gasteiger partial charge in [0.15, 0.2) is 0 Å². The van der Waals surface area contributed by atoms with Crippen LogP contribution in [0.4, 0.5) is 4.39 Å². The Balaban J connectivity index is 2.68. The minimum Gasteiger partial charge on any atom is -0.493 e. The van der Waals surface area contributed by atoms with Gasteiger partial charge >= 0.3 is 0 Å². The smallest absolute Gasteiger partial charge is 0.147 e. The Bertz CT molecular complexity index is 543. The number of halogens is 1. The first kappa shape index (κ1) is 14.8. The summed E-state index contributed by atoms with van der Waals surface area (Å²) in [6, 6.07) is 4.25. The molecule has 0 aliphatic heterocycles. The summed E-state index contributed by atoms with van der Waals surface area (Å²) in [6.45, 7) is 0.159. The van der Waals surface area contributed by atoms with Crippen molar-refractivity contribution in [3.05, 3.63) is 29.6 Å². The van der Waals surface area contributed by atoms with Gasteiger partial charge in [-0.05, 0) is 18.6 Å². The van der Waals surface area contributed by atoms with Gasteiger partial charge in [-0.2, -0.15) is 0 Å². The highest BCUT2D eigenvalue weighted by atomic mass is 32.2. The lowest BCUT2D eigenvalue weighted by Crippen LogP contribution is -2.15. The fourth-order valence-corrected chi connectivity index (χ4v) is 2.21. The summed E-state index contributed by atoms with van der Waals surface area (Å²) in [5.41, 5.74) is 5.45. The van der Waals surface area contributed by atoms with Gasteiger partial charge in [0, 0.05) is 6.26 Å². The summed E-state index contributed by atoms with van der Waals surface area (Å²) in [5, 5.41) is 0. The number of rotatable bonds is 6. The molecule has 0 saturated carbocycles. The summed E-state index contributed by atoms with van der Waals surface area (Å²) in [4.78, 5) is -0.0915. The zero-order chi connectivity index (χ0) is 13.8. The van der Waals surface area contributed by atoms with E-state index in [0.717, 1.165) is 6.26 Å². The minimum atomic E-state index is -3.02. The quantitative estimate of drug-likeness (QED) is 0.631. The maximum atomic E-state index is 13.5. The fraction of sp³-hybridized carbons (Fsp3) is 0.364. The highest BCUT2D eigenvalue weighted by Crippen LogP contribution is 2.21. The van der Waals surface area contributed by atoms with Crippen LogP contribution in [0.1, 0.15) is 12.0 Å². The van der Waals surface area contributed by atoms with E-state index in [2.05, 4.69) is 0 Å². The van der Waals surface area contributed by atoms with Gasteiger partial charge in [-0.3, -0.25) is 0 Å². The average Bonchev–Trinajstić information content (AvgIpc) is 2.22. The molecule has 18 heavy (non-hydrogen) atoms. The summed E-state index contributed by atoms with van der Waals surface area (Å²) in [6.07, 6.45) is 1.47. The predicted molar refractivity (Wildman–Crippen MR) is 72.1 cm³/mol. The van der Waals surface area contributed by atoms with Crippen LogP contribution in [-0.4, -0.2) is 32.0 Å². The average molecular weight is 291 g/mol. The third-order valence-electron chi connectivity index (χ3n) is 2.14. The fourth-order valence-electron chi connectivity index (χ4n) is 1.37. The molecule has 0 fully saturated rings. The van der Waals surface area contributed by atoms with E-state index in [9.17, 15) is 12.8 Å². The van der Waals surface area contributed by atoms with Crippen LogP contribution in [0.25, 0.3) is 0 Å². The first-order valence-corrected chi connectivity index (χ1v) is 7.67. The van der Waals surface area contributed by atoms with Crippen LogP contribution in [0.3, 0.4) is 0 Å². The number of nitrogens with two attached hydrogens (primary N) is 1. The molecule has 0 unspecified atom stereocenters. The maximum absolute atomic E-state index is 13.5. The monoisotopic (exact) mass is 291 g/mol. The number of ether oxygens (including phenoxy) is 1. The normalized spacial score (nSPS) is 11.2. The molecular weight excluding hydrogens is 277 g/mol. The van der Waals surface area contributed by atoms with Gasteiger partial charge in [0.2, 0.25) is 0 Å². The number of benzene rings is 1. The second-order valence-electron chi connectivity index (χ2n) is 3.81. The summed E-state index contributed by atoms with van der Waals surface area (Å²) in [7, 11) is -3.02. The molecule has 0 saturated heterocycles. The van der Waals surface area contributed by atoms with E-state index >= 15 is 0 Å². The molecule has 4 nitrogen and oxygen atoms in total. The Kier molecular flexibility index (Phi) is 5.03. The van der Waals surface area contributed by atoms with Crippen molar-refractivity contribution in [2.75, 3.05) is 18.6 Å². The molecule has 0 spiro atoms. The SMILES string of the molecule is CS(=O)(=O)CCCOc1cccc(F)c1C(N)=S. The van der Waals surface area contributed by atoms with Crippen molar-refractivity contribution < 1.29 is 17.5 Å². The van der Waals surface area contributed by atoms with Gasteiger partial charge in [-0.15, -0.1) is 0 Å². The van der Waals surface area contributed by atoms with Crippen LogP contribution in [0.5, 0.6) is 5.75 Å². The predicted octanol–water partition coefficient (Wildman–Crippen LogP) is 1.27. The topological polar surface area (TPSA) is 69.4 Å². The lowest BCUT2D eigenvalue weighted by Gasteiger charge is -2.10. The molecule has 0 aromatic heterocycles. The van der Waals surface area contributed by atoms with Crippen LogP contribution in [-0.2, 0) is 9.84 Å². The first-order valence-electron chi connectivity index (χ1n) is 5.20. The van der Waals surface area contributed by atoms with Gasteiger partial charge in [-0.1, -0.05) is 18.3 Å². The summed E-state index contributed by atoms with van der Waals surface area (Å²) < 4.78 is 40.6. The Morgan fingerprint density at radius 3 is 2.72 bits per heavy atom. The van der Waals surface area contributed by atoms with Crippen LogP contribution in [0.15, 0.2) is 18.2 Å². The highest BCUT2D eigenvalue weighted by molar-refractivity contribution is 7.90. The van der Waals surface area contributed by atoms with E-state index in [1.807, 2.05) is 0 Å². The molecule has 1 aromatic rings. The molecule has 100 valence electrons. The van der Waals surface area contributed by atoms with Crippen LogP contribution >= 0.6 is 12.2 Å². The summed E-state index contributed by atoms with van der Waals surface area (Å²) >= 11 is 4.74. The van der Waals surface area contributed by atoms with Crippen molar-refractivity contribution in [3.63, 3.8) is 0 Å². The number of thiocarbonyl (C=S) groups is 1. The van der Waals surface area contributed by atoms with Gasteiger partial charge in [0.25, 0.3) is 0 Å².